The molecule has 3 N–H and O–H groups in total. The molecular weight excluding hydrogens is 468 g/mol. The number of hydrogen-bond donors (Lipinski definition) is 2. The molecule has 38 heavy (non-hydrogen) atoms. The van der Waals surface area contributed by atoms with Crippen molar-refractivity contribution in [2.75, 3.05) is 0 Å². The second-order valence-corrected chi connectivity index (χ2v) is 9.38. The Morgan fingerprint density at radius 3 is 1.89 bits per heavy atom. The topological polar surface area (TPSA) is 75.9 Å². The van der Waals surface area contributed by atoms with E-state index in [2.05, 4.69) is 89.2 Å². The molecule has 0 saturated heterocycles. The SMILES string of the molecule is NC1=NC(c2cc(-c3ccccc3)cc(-c3ccccc3)c2)N=C(c2ccc3c(c2)oc2ccccc23)N1. The fourth-order valence-electron chi connectivity index (χ4n) is 5.03. The van der Waals surface area contributed by atoms with E-state index in [1.54, 1.807) is 0 Å². The molecule has 5 aromatic carbocycles. The molecule has 2 heterocycles. The van der Waals surface area contributed by atoms with Crippen molar-refractivity contribution in [2.24, 2.45) is 15.7 Å². The van der Waals surface area contributed by atoms with Gasteiger partial charge in [-0.15, -0.1) is 0 Å². The highest BCUT2D eigenvalue weighted by molar-refractivity contribution is 6.12. The van der Waals surface area contributed by atoms with Gasteiger partial charge in [-0.2, -0.15) is 0 Å². The molecule has 0 saturated carbocycles. The van der Waals surface area contributed by atoms with Crippen LogP contribution in [0.5, 0.6) is 0 Å². The van der Waals surface area contributed by atoms with E-state index in [9.17, 15) is 0 Å². The second-order valence-electron chi connectivity index (χ2n) is 9.38. The molecule has 0 bridgehead atoms. The number of benzene rings is 5. The predicted molar refractivity (Wildman–Crippen MR) is 155 cm³/mol. The zero-order chi connectivity index (χ0) is 25.5. The lowest BCUT2D eigenvalue weighted by molar-refractivity contribution is 0.668. The summed E-state index contributed by atoms with van der Waals surface area (Å²) >= 11 is 0. The van der Waals surface area contributed by atoms with E-state index in [0.29, 0.717) is 11.8 Å². The summed E-state index contributed by atoms with van der Waals surface area (Å²) in [7, 11) is 0. The van der Waals surface area contributed by atoms with E-state index in [0.717, 1.165) is 55.3 Å². The van der Waals surface area contributed by atoms with Gasteiger partial charge in [0.2, 0.25) is 0 Å². The molecule has 0 aliphatic carbocycles. The lowest BCUT2D eigenvalue weighted by Crippen LogP contribution is -2.40. The molecule has 5 nitrogen and oxygen atoms in total. The molecule has 182 valence electrons. The number of amidine groups is 1. The van der Waals surface area contributed by atoms with Crippen molar-refractivity contribution >= 4 is 33.7 Å². The molecule has 1 aromatic heterocycles. The fourth-order valence-corrected chi connectivity index (χ4v) is 5.03. The number of hydrogen-bond acceptors (Lipinski definition) is 5. The van der Waals surface area contributed by atoms with Gasteiger partial charge in [0.1, 0.15) is 17.0 Å². The van der Waals surface area contributed by atoms with Crippen LogP contribution >= 0.6 is 0 Å². The number of fused-ring (bicyclic) bond motifs is 3. The number of aliphatic imine (C=N–C) groups is 2. The fraction of sp³-hybridized carbons (Fsp3) is 0.0303. The number of rotatable bonds is 4. The highest BCUT2D eigenvalue weighted by Crippen LogP contribution is 2.34. The highest BCUT2D eigenvalue weighted by atomic mass is 16.3. The van der Waals surface area contributed by atoms with E-state index >= 15 is 0 Å². The molecule has 1 aliphatic heterocycles. The molecule has 0 spiro atoms. The van der Waals surface area contributed by atoms with Gasteiger partial charge >= 0.3 is 0 Å². The normalized spacial score (nSPS) is 15.2. The Hall–Kier alpha value is -5.16. The van der Waals surface area contributed by atoms with Crippen molar-refractivity contribution in [1.82, 2.24) is 5.32 Å². The molecule has 6 aromatic rings. The van der Waals surface area contributed by atoms with Crippen molar-refractivity contribution in [3.05, 3.63) is 132 Å². The molecular formula is C33H24N4O. The third-order valence-corrected chi connectivity index (χ3v) is 6.88. The molecule has 0 amide bonds. The van der Waals surface area contributed by atoms with Gasteiger partial charge in [0.05, 0.1) is 0 Å². The molecule has 1 unspecified atom stereocenters. The van der Waals surface area contributed by atoms with Crippen LogP contribution in [0.2, 0.25) is 0 Å². The quantitative estimate of drug-likeness (QED) is 0.271. The Morgan fingerprint density at radius 1 is 0.553 bits per heavy atom. The number of furan rings is 1. The van der Waals surface area contributed by atoms with Crippen molar-refractivity contribution in [1.29, 1.82) is 0 Å². The van der Waals surface area contributed by atoms with Crippen LogP contribution in [0.25, 0.3) is 44.2 Å². The maximum atomic E-state index is 6.30. The molecule has 0 radical (unpaired) electrons. The minimum absolute atomic E-state index is 0.330. The Morgan fingerprint density at radius 2 is 1.18 bits per heavy atom. The molecule has 1 aliphatic rings. The average molecular weight is 493 g/mol. The van der Waals surface area contributed by atoms with Gasteiger partial charge in [0.25, 0.3) is 0 Å². The van der Waals surface area contributed by atoms with E-state index in [4.69, 9.17) is 15.1 Å². The first-order valence-electron chi connectivity index (χ1n) is 12.6. The van der Waals surface area contributed by atoms with Crippen molar-refractivity contribution in [3.8, 4) is 22.3 Å². The minimum Gasteiger partial charge on any atom is -0.456 e. The van der Waals surface area contributed by atoms with Gasteiger partial charge < -0.3 is 15.5 Å². The van der Waals surface area contributed by atoms with E-state index < -0.39 is 6.17 Å². The Balaban J connectivity index is 1.34. The highest BCUT2D eigenvalue weighted by Gasteiger charge is 2.20. The summed E-state index contributed by atoms with van der Waals surface area (Å²) in [5, 5.41) is 5.33. The summed E-state index contributed by atoms with van der Waals surface area (Å²) in [5.74, 6) is 0.993. The minimum atomic E-state index is -0.483. The van der Waals surface area contributed by atoms with Crippen molar-refractivity contribution in [3.63, 3.8) is 0 Å². The maximum absolute atomic E-state index is 6.30. The van der Waals surface area contributed by atoms with Crippen LogP contribution in [-0.2, 0) is 0 Å². The number of guanidine groups is 1. The second kappa shape index (κ2) is 9.05. The van der Waals surface area contributed by atoms with Crippen LogP contribution in [0, 0.1) is 0 Å². The van der Waals surface area contributed by atoms with Crippen molar-refractivity contribution in [2.45, 2.75) is 6.17 Å². The zero-order valence-electron chi connectivity index (χ0n) is 20.5. The summed E-state index contributed by atoms with van der Waals surface area (Å²) in [6, 6.07) is 41.4. The first-order chi connectivity index (χ1) is 18.7. The van der Waals surface area contributed by atoms with Gasteiger partial charge in [-0.25, -0.2) is 9.98 Å². The average Bonchev–Trinajstić information content (AvgIpc) is 3.35. The maximum Gasteiger partial charge on any atom is 0.196 e. The van der Waals surface area contributed by atoms with Crippen LogP contribution in [-0.4, -0.2) is 11.8 Å². The summed E-state index contributed by atoms with van der Waals surface area (Å²) in [4.78, 5) is 9.67. The smallest absolute Gasteiger partial charge is 0.196 e. The first-order valence-corrected chi connectivity index (χ1v) is 12.6. The van der Waals surface area contributed by atoms with E-state index in [1.165, 1.54) is 0 Å². The Kier molecular flexibility index (Phi) is 5.26. The number of para-hydroxylation sites is 1. The predicted octanol–water partition coefficient (Wildman–Crippen LogP) is 7.28. The Labute approximate surface area is 220 Å². The van der Waals surface area contributed by atoms with Gasteiger partial charge in [-0.3, -0.25) is 0 Å². The van der Waals surface area contributed by atoms with Crippen LogP contribution < -0.4 is 11.1 Å². The van der Waals surface area contributed by atoms with E-state index in [-0.39, 0.29) is 0 Å². The molecule has 0 fully saturated rings. The first kappa shape index (κ1) is 22.1. The lowest BCUT2D eigenvalue weighted by Gasteiger charge is -2.21. The number of nitrogens with zero attached hydrogens (tertiary/aromatic N) is 2. The van der Waals surface area contributed by atoms with Crippen LogP contribution in [0.4, 0.5) is 0 Å². The van der Waals surface area contributed by atoms with Gasteiger partial charge in [0, 0.05) is 16.3 Å². The summed E-state index contributed by atoms with van der Waals surface area (Å²) in [6.07, 6.45) is -0.483. The molecule has 1 atom stereocenters. The zero-order valence-corrected chi connectivity index (χ0v) is 20.5. The third kappa shape index (κ3) is 4.00. The summed E-state index contributed by atoms with van der Waals surface area (Å²) < 4.78 is 6.11. The third-order valence-electron chi connectivity index (χ3n) is 6.88. The monoisotopic (exact) mass is 492 g/mol. The van der Waals surface area contributed by atoms with Crippen LogP contribution in [0.3, 0.4) is 0 Å². The lowest BCUT2D eigenvalue weighted by atomic mass is 9.95. The van der Waals surface area contributed by atoms with Gasteiger partial charge in [-0.1, -0.05) is 84.9 Å². The van der Waals surface area contributed by atoms with Crippen LogP contribution in [0.1, 0.15) is 17.3 Å². The molecule has 5 heteroatoms. The van der Waals surface area contributed by atoms with Crippen LogP contribution in [0.15, 0.2) is 136 Å². The van der Waals surface area contributed by atoms with E-state index in [1.807, 2.05) is 42.5 Å². The Bertz CT molecular complexity index is 1800. The van der Waals surface area contributed by atoms with Gasteiger partial charge in [0.15, 0.2) is 12.1 Å². The van der Waals surface area contributed by atoms with Gasteiger partial charge in [-0.05, 0) is 64.2 Å². The summed E-state index contributed by atoms with van der Waals surface area (Å²) in [6.45, 7) is 0. The summed E-state index contributed by atoms with van der Waals surface area (Å²) in [5.41, 5.74) is 14.3. The number of nitrogens with one attached hydrogen (secondary N) is 1. The standard InChI is InChI=1S/C33H24N4O/c34-33-36-31(23-15-16-28-27-13-7-8-14-29(27)38-30(28)20-23)35-32(37-33)26-18-24(21-9-3-1-4-10-21)17-25(19-26)22-11-5-2-6-12-22/h1-20,32H,(H3,34,35,36,37). The number of nitrogens with two attached hydrogens (primary N) is 1. The molecule has 7 rings (SSSR count). The van der Waals surface area contributed by atoms with Crippen molar-refractivity contribution < 1.29 is 4.42 Å². The largest absolute Gasteiger partial charge is 0.456 e.